The Morgan fingerprint density at radius 2 is 1.76 bits per heavy atom. The summed E-state index contributed by atoms with van der Waals surface area (Å²) in [4.78, 5) is 39.4. The van der Waals surface area contributed by atoms with Crippen molar-refractivity contribution in [3.8, 4) is 0 Å². The molecule has 2 aromatic carbocycles. The van der Waals surface area contributed by atoms with Crippen molar-refractivity contribution in [1.82, 2.24) is 15.5 Å². The van der Waals surface area contributed by atoms with E-state index in [-0.39, 0.29) is 36.7 Å². The smallest absolute Gasteiger partial charge is 0.251 e. The molecule has 176 valence electrons. The molecule has 1 aliphatic rings. The molecule has 0 aliphatic carbocycles. The highest BCUT2D eigenvalue weighted by Gasteiger charge is 2.27. The minimum atomic E-state index is -0.717. The topological polar surface area (TPSA) is 78.5 Å². The average Bonchev–Trinajstić information content (AvgIpc) is 2.82. The van der Waals surface area contributed by atoms with Gasteiger partial charge in [-0.3, -0.25) is 14.4 Å². The molecule has 0 spiro atoms. The Hall–Kier alpha value is -3.00. The van der Waals surface area contributed by atoms with E-state index < -0.39 is 17.6 Å². The fraction of sp³-hybridized carbons (Fsp3) is 0.375. The highest BCUT2D eigenvalue weighted by atomic mass is 35.5. The summed E-state index contributed by atoms with van der Waals surface area (Å²) in [6, 6.07) is 9.34. The van der Waals surface area contributed by atoms with Crippen molar-refractivity contribution < 1.29 is 23.2 Å². The summed E-state index contributed by atoms with van der Waals surface area (Å²) in [6.45, 7) is 0.295. The third-order valence-electron chi connectivity index (χ3n) is 5.65. The van der Waals surface area contributed by atoms with Gasteiger partial charge in [0.1, 0.15) is 11.6 Å². The van der Waals surface area contributed by atoms with Crippen molar-refractivity contribution in [3.63, 3.8) is 0 Å². The van der Waals surface area contributed by atoms with Gasteiger partial charge >= 0.3 is 0 Å². The van der Waals surface area contributed by atoms with Crippen LogP contribution < -0.4 is 10.6 Å². The van der Waals surface area contributed by atoms with E-state index >= 15 is 0 Å². The zero-order valence-electron chi connectivity index (χ0n) is 18.2. The first-order valence-electron chi connectivity index (χ1n) is 10.7. The van der Waals surface area contributed by atoms with Gasteiger partial charge < -0.3 is 15.5 Å². The molecule has 1 saturated heterocycles. The maximum Gasteiger partial charge on any atom is 0.251 e. The number of benzene rings is 2. The number of hydrogen-bond donors (Lipinski definition) is 2. The number of nitrogens with one attached hydrogen (secondary N) is 2. The van der Waals surface area contributed by atoms with Gasteiger partial charge in [-0.05, 0) is 54.8 Å². The molecule has 3 rings (SSSR count). The molecule has 1 heterocycles. The summed E-state index contributed by atoms with van der Waals surface area (Å²) in [5, 5.41) is 6.16. The molecule has 1 aliphatic heterocycles. The summed E-state index contributed by atoms with van der Waals surface area (Å²) in [7, 11) is 1.64. The van der Waals surface area contributed by atoms with Crippen molar-refractivity contribution in [2.75, 3.05) is 13.6 Å². The molecular formula is C24H26ClF2N3O3. The number of likely N-dealkylation sites (N-methyl/N-ethyl adjacent to an activating group) is 1. The van der Waals surface area contributed by atoms with Gasteiger partial charge in [-0.25, -0.2) is 8.78 Å². The van der Waals surface area contributed by atoms with Crippen LogP contribution in [0, 0.1) is 17.6 Å². The van der Waals surface area contributed by atoms with Crippen molar-refractivity contribution in [2.24, 2.45) is 5.92 Å². The highest BCUT2D eigenvalue weighted by molar-refractivity contribution is 6.30. The number of carbonyl (C=O) groups excluding carboxylic acids is 3. The minimum absolute atomic E-state index is 0.0255. The SMILES string of the molecule is CN1C[C@H](NC(=O)c2ccc(Cl)cc2)CCC[C@@H](C(=O)NCc2cc(F)cc(F)c2)CC1=O. The molecule has 2 aromatic rings. The van der Waals surface area contributed by atoms with Gasteiger partial charge in [0.15, 0.2) is 0 Å². The van der Waals surface area contributed by atoms with Crippen molar-refractivity contribution in [2.45, 2.75) is 38.3 Å². The van der Waals surface area contributed by atoms with Gasteiger partial charge in [0.25, 0.3) is 5.91 Å². The predicted molar refractivity (Wildman–Crippen MR) is 121 cm³/mol. The van der Waals surface area contributed by atoms with Gasteiger partial charge in [-0.15, -0.1) is 0 Å². The molecule has 0 aromatic heterocycles. The van der Waals surface area contributed by atoms with E-state index in [2.05, 4.69) is 10.6 Å². The highest BCUT2D eigenvalue weighted by Crippen LogP contribution is 2.20. The lowest BCUT2D eigenvalue weighted by Crippen LogP contribution is -2.44. The first kappa shape index (κ1) is 24.6. The molecule has 33 heavy (non-hydrogen) atoms. The van der Waals surface area contributed by atoms with E-state index in [1.54, 1.807) is 31.3 Å². The standard InChI is InChI=1S/C24H26ClF2N3O3/c1-30-14-21(29-24(33)16-5-7-18(25)8-6-16)4-2-3-17(11-22(30)31)23(32)28-13-15-9-19(26)12-20(27)10-15/h5-10,12,17,21H,2-4,11,13-14H2,1H3,(H,28,32)(H,29,33)/t17-,21-/m1/s1. The second kappa shape index (κ2) is 11.2. The molecule has 2 N–H and O–H groups in total. The van der Waals surface area contributed by atoms with Crippen LogP contribution in [-0.4, -0.2) is 42.3 Å². The van der Waals surface area contributed by atoms with Crippen LogP contribution in [0.3, 0.4) is 0 Å². The summed E-state index contributed by atoms with van der Waals surface area (Å²) >= 11 is 5.87. The van der Waals surface area contributed by atoms with E-state index in [1.165, 1.54) is 4.90 Å². The summed E-state index contributed by atoms with van der Waals surface area (Å²) in [5.74, 6) is -2.81. The fourth-order valence-corrected chi connectivity index (χ4v) is 3.99. The Morgan fingerprint density at radius 3 is 2.42 bits per heavy atom. The third kappa shape index (κ3) is 7.25. The van der Waals surface area contributed by atoms with Crippen LogP contribution in [0.2, 0.25) is 5.02 Å². The maximum absolute atomic E-state index is 13.4. The van der Waals surface area contributed by atoms with Crippen LogP contribution in [-0.2, 0) is 16.1 Å². The van der Waals surface area contributed by atoms with Crippen molar-refractivity contribution in [1.29, 1.82) is 0 Å². The minimum Gasteiger partial charge on any atom is -0.352 e. The van der Waals surface area contributed by atoms with E-state index in [4.69, 9.17) is 11.6 Å². The van der Waals surface area contributed by atoms with Gasteiger partial charge in [-0.1, -0.05) is 18.0 Å². The fourth-order valence-electron chi connectivity index (χ4n) is 3.86. The predicted octanol–water partition coefficient (Wildman–Crippen LogP) is 3.68. The van der Waals surface area contributed by atoms with Crippen molar-refractivity contribution in [3.05, 3.63) is 70.2 Å². The third-order valence-corrected chi connectivity index (χ3v) is 5.90. The number of carbonyl (C=O) groups is 3. The summed E-state index contributed by atoms with van der Waals surface area (Å²) < 4.78 is 26.7. The zero-order chi connectivity index (χ0) is 24.0. The lowest BCUT2D eigenvalue weighted by Gasteiger charge is -2.24. The monoisotopic (exact) mass is 477 g/mol. The van der Waals surface area contributed by atoms with Gasteiger partial charge in [0.05, 0.1) is 0 Å². The average molecular weight is 478 g/mol. The van der Waals surface area contributed by atoms with Crippen LogP contribution in [0.5, 0.6) is 0 Å². The van der Waals surface area contributed by atoms with Crippen LogP contribution in [0.15, 0.2) is 42.5 Å². The van der Waals surface area contributed by atoms with Gasteiger partial charge in [-0.2, -0.15) is 0 Å². The molecule has 0 radical (unpaired) electrons. The van der Waals surface area contributed by atoms with Crippen molar-refractivity contribution >= 4 is 29.3 Å². The van der Waals surface area contributed by atoms with Gasteiger partial charge in [0.2, 0.25) is 11.8 Å². The molecule has 6 nitrogen and oxygen atoms in total. The largest absolute Gasteiger partial charge is 0.352 e. The van der Waals surface area contributed by atoms with Crippen LogP contribution in [0.25, 0.3) is 0 Å². The molecule has 0 bridgehead atoms. The maximum atomic E-state index is 13.4. The van der Waals surface area contributed by atoms with Crippen LogP contribution in [0.1, 0.15) is 41.6 Å². The Kier molecular flexibility index (Phi) is 8.38. The molecule has 9 heteroatoms. The Morgan fingerprint density at radius 1 is 1.09 bits per heavy atom. The molecule has 2 atom stereocenters. The van der Waals surface area contributed by atoms with E-state index in [0.717, 1.165) is 18.2 Å². The molecule has 0 saturated carbocycles. The first-order valence-corrected chi connectivity index (χ1v) is 11.1. The van der Waals surface area contributed by atoms with E-state index in [9.17, 15) is 23.2 Å². The number of amides is 3. The second-order valence-corrected chi connectivity index (χ2v) is 8.72. The lowest BCUT2D eigenvalue weighted by molar-refractivity contribution is -0.135. The molecule has 0 unspecified atom stereocenters. The Bertz CT molecular complexity index is 996. The van der Waals surface area contributed by atoms with E-state index in [1.807, 2.05) is 0 Å². The zero-order valence-corrected chi connectivity index (χ0v) is 19.0. The Balaban J connectivity index is 1.59. The van der Waals surface area contributed by atoms with E-state index in [0.29, 0.717) is 42.0 Å². The van der Waals surface area contributed by atoms with Crippen LogP contribution >= 0.6 is 11.6 Å². The number of hydrogen-bond acceptors (Lipinski definition) is 3. The normalized spacial score (nSPS) is 19.3. The molecule has 3 amide bonds. The number of nitrogens with zero attached hydrogens (tertiary/aromatic N) is 1. The Labute approximate surface area is 196 Å². The number of rotatable bonds is 5. The first-order chi connectivity index (χ1) is 15.7. The quantitative estimate of drug-likeness (QED) is 0.689. The van der Waals surface area contributed by atoms with Crippen LogP contribution in [0.4, 0.5) is 8.78 Å². The lowest BCUT2D eigenvalue weighted by atomic mass is 9.96. The van der Waals surface area contributed by atoms with Gasteiger partial charge in [0, 0.05) is 55.2 Å². The summed E-state index contributed by atoms with van der Waals surface area (Å²) in [5.41, 5.74) is 0.775. The number of halogens is 3. The summed E-state index contributed by atoms with van der Waals surface area (Å²) in [6.07, 6.45) is 1.70. The second-order valence-electron chi connectivity index (χ2n) is 8.28. The molecular weight excluding hydrogens is 452 g/mol. The molecule has 1 fully saturated rings.